The van der Waals surface area contributed by atoms with Gasteiger partial charge >= 0.3 is 0 Å². The Balaban J connectivity index is 2.50. The van der Waals surface area contributed by atoms with Crippen LogP contribution in [-0.4, -0.2) is 29.6 Å². The largest absolute Gasteiger partial charge is 0.387 e. The fourth-order valence-corrected chi connectivity index (χ4v) is 4.34. The predicted molar refractivity (Wildman–Crippen MR) is 125 cm³/mol. The summed E-state index contributed by atoms with van der Waals surface area (Å²) >= 11 is 12.6. The van der Waals surface area contributed by atoms with Crippen molar-refractivity contribution in [3.05, 3.63) is 33.8 Å². The van der Waals surface area contributed by atoms with Gasteiger partial charge in [-0.3, -0.25) is 0 Å². The molecule has 28 heavy (non-hydrogen) atoms. The molecule has 0 amide bonds. The highest BCUT2D eigenvalue weighted by atomic mass is 35.5. The molecule has 0 aromatic heterocycles. The lowest BCUT2D eigenvalue weighted by atomic mass is 10.1. The molecular formula is C24H41Cl2NO. The molecule has 2 nitrogen and oxygen atoms in total. The van der Waals surface area contributed by atoms with Crippen molar-refractivity contribution in [2.24, 2.45) is 0 Å². The van der Waals surface area contributed by atoms with Crippen molar-refractivity contribution >= 4 is 23.2 Å². The van der Waals surface area contributed by atoms with E-state index in [9.17, 15) is 5.11 Å². The standard InChI is InChI=1S/C24H41Cl2NO/c1-3-5-7-9-11-13-18-27(19-14-12-10-8-6-4-2)20-23(28)24-21(25)16-15-17-22(24)26/h15-17,23,28H,3-14,18-20H2,1-2H3. The normalized spacial score (nSPS) is 12.6. The Bertz CT molecular complexity index is 473. The van der Waals surface area contributed by atoms with Crippen molar-refractivity contribution in [1.82, 2.24) is 4.90 Å². The fourth-order valence-electron chi connectivity index (χ4n) is 3.69. The number of hydrogen-bond donors (Lipinski definition) is 1. The molecule has 0 saturated heterocycles. The quantitative estimate of drug-likeness (QED) is 0.253. The molecule has 1 aromatic rings. The van der Waals surface area contributed by atoms with Crippen molar-refractivity contribution < 1.29 is 5.11 Å². The Morgan fingerprint density at radius 3 is 1.64 bits per heavy atom. The maximum Gasteiger partial charge on any atom is 0.0945 e. The van der Waals surface area contributed by atoms with E-state index >= 15 is 0 Å². The van der Waals surface area contributed by atoms with Crippen LogP contribution in [0.3, 0.4) is 0 Å². The maximum atomic E-state index is 10.8. The van der Waals surface area contributed by atoms with Crippen LogP contribution in [0.25, 0.3) is 0 Å². The summed E-state index contributed by atoms with van der Waals surface area (Å²) in [6.07, 6.45) is 14.9. The van der Waals surface area contributed by atoms with E-state index in [0.29, 0.717) is 22.2 Å². The average Bonchev–Trinajstić information content (AvgIpc) is 2.66. The maximum absolute atomic E-state index is 10.8. The van der Waals surface area contributed by atoms with Gasteiger partial charge in [-0.05, 0) is 38.1 Å². The van der Waals surface area contributed by atoms with E-state index in [0.717, 1.165) is 13.1 Å². The lowest BCUT2D eigenvalue weighted by molar-refractivity contribution is 0.110. The topological polar surface area (TPSA) is 23.5 Å². The Labute approximate surface area is 183 Å². The van der Waals surface area contributed by atoms with Gasteiger partial charge in [-0.2, -0.15) is 0 Å². The average molecular weight is 431 g/mol. The van der Waals surface area contributed by atoms with Crippen molar-refractivity contribution in [3.63, 3.8) is 0 Å². The molecule has 0 aliphatic rings. The molecule has 4 heteroatoms. The Hall–Kier alpha value is -0.280. The molecule has 0 fully saturated rings. The highest BCUT2D eigenvalue weighted by Gasteiger charge is 2.18. The number of aliphatic hydroxyl groups is 1. The molecule has 0 aliphatic carbocycles. The van der Waals surface area contributed by atoms with Crippen LogP contribution in [0, 0.1) is 0 Å². The van der Waals surface area contributed by atoms with Crippen LogP contribution in [0.1, 0.15) is 103 Å². The number of benzene rings is 1. The molecule has 0 spiro atoms. The summed E-state index contributed by atoms with van der Waals surface area (Å²) in [6, 6.07) is 5.43. The Morgan fingerprint density at radius 2 is 1.18 bits per heavy atom. The first kappa shape index (κ1) is 25.8. The van der Waals surface area contributed by atoms with Gasteiger partial charge in [0.25, 0.3) is 0 Å². The summed E-state index contributed by atoms with van der Waals surface area (Å²) in [4.78, 5) is 2.41. The SMILES string of the molecule is CCCCCCCCN(CCCCCCCC)CC(O)c1c(Cl)cccc1Cl. The number of hydrogen-bond acceptors (Lipinski definition) is 2. The highest BCUT2D eigenvalue weighted by Crippen LogP contribution is 2.30. The zero-order chi connectivity index (χ0) is 20.6. The minimum Gasteiger partial charge on any atom is -0.387 e. The fraction of sp³-hybridized carbons (Fsp3) is 0.750. The second kappa shape index (κ2) is 16.5. The molecule has 0 heterocycles. The number of aliphatic hydroxyl groups excluding tert-OH is 1. The van der Waals surface area contributed by atoms with Gasteiger partial charge < -0.3 is 10.0 Å². The first-order chi connectivity index (χ1) is 13.6. The summed E-state index contributed by atoms with van der Waals surface area (Å²) in [5.74, 6) is 0. The van der Waals surface area contributed by atoms with Gasteiger partial charge in [0.1, 0.15) is 0 Å². The summed E-state index contributed by atoms with van der Waals surface area (Å²) in [5, 5.41) is 11.9. The zero-order valence-corrected chi connectivity index (χ0v) is 19.6. The van der Waals surface area contributed by atoms with E-state index < -0.39 is 6.10 Å². The third kappa shape index (κ3) is 11.0. The molecule has 0 saturated carbocycles. The Morgan fingerprint density at radius 1 is 0.750 bits per heavy atom. The molecule has 162 valence electrons. The van der Waals surface area contributed by atoms with E-state index in [1.54, 1.807) is 12.1 Å². The van der Waals surface area contributed by atoms with Crippen LogP contribution < -0.4 is 0 Å². The first-order valence-corrected chi connectivity index (χ1v) is 12.2. The number of halogens is 2. The van der Waals surface area contributed by atoms with Gasteiger partial charge in [0.05, 0.1) is 6.10 Å². The van der Waals surface area contributed by atoms with Crippen LogP contribution in [0.5, 0.6) is 0 Å². The predicted octanol–water partition coefficient (Wildman–Crippen LogP) is 8.05. The molecule has 1 N–H and O–H groups in total. The van der Waals surface area contributed by atoms with Gasteiger partial charge in [0.15, 0.2) is 0 Å². The van der Waals surface area contributed by atoms with E-state index in [4.69, 9.17) is 23.2 Å². The highest BCUT2D eigenvalue weighted by molar-refractivity contribution is 6.36. The number of nitrogens with zero attached hydrogens (tertiary/aromatic N) is 1. The van der Waals surface area contributed by atoms with E-state index in [1.807, 2.05) is 6.07 Å². The minimum atomic E-state index is -0.638. The van der Waals surface area contributed by atoms with Gasteiger partial charge in [0.2, 0.25) is 0 Å². The Kier molecular flexibility index (Phi) is 15.2. The van der Waals surface area contributed by atoms with Crippen molar-refractivity contribution in [3.8, 4) is 0 Å². The third-order valence-electron chi connectivity index (χ3n) is 5.42. The second-order valence-electron chi connectivity index (χ2n) is 7.99. The smallest absolute Gasteiger partial charge is 0.0945 e. The van der Waals surface area contributed by atoms with Gasteiger partial charge in [0, 0.05) is 22.2 Å². The summed E-state index contributed by atoms with van der Waals surface area (Å²) in [6.45, 7) is 7.20. The lowest BCUT2D eigenvalue weighted by Gasteiger charge is -2.26. The lowest BCUT2D eigenvalue weighted by Crippen LogP contribution is -2.31. The van der Waals surface area contributed by atoms with E-state index in [2.05, 4.69) is 18.7 Å². The second-order valence-corrected chi connectivity index (χ2v) is 8.80. The van der Waals surface area contributed by atoms with Crippen molar-refractivity contribution in [2.75, 3.05) is 19.6 Å². The molecular weight excluding hydrogens is 389 g/mol. The molecule has 1 atom stereocenters. The van der Waals surface area contributed by atoms with Crippen LogP contribution in [0.15, 0.2) is 18.2 Å². The summed E-state index contributed by atoms with van der Waals surface area (Å²) < 4.78 is 0. The van der Waals surface area contributed by atoms with Gasteiger partial charge in [-0.25, -0.2) is 0 Å². The van der Waals surface area contributed by atoms with Crippen LogP contribution in [-0.2, 0) is 0 Å². The minimum absolute atomic E-state index is 0.555. The molecule has 1 unspecified atom stereocenters. The monoisotopic (exact) mass is 429 g/mol. The van der Waals surface area contributed by atoms with Crippen LogP contribution in [0.2, 0.25) is 10.0 Å². The van der Waals surface area contributed by atoms with E-state index in [1.165, 1.54) is 77.0 Å². The molecule has 0 aliphatic heterocycles. The summed E-state index contributed by atoms with van der Waals surface area (Å²) in [7, 11) is 0. The molecule has 1 aromatic carbocycles. The van der Waals surface area contributed by atoms with Crippen LogP contribution >= 0.6 is 23.2 Å². The number of rotatable bonds is 17. The zero-order valence-electron chi connectivity index (χ0n) is 18.1. The first-order valence-electron chi connectivity index (χ1n) is 11.4. The van der Waals surface area contributed by atoms with Crippen molar-refractivity contribution in [1.29, 1.82) is 0 Å². The third-order valence-corrected chi connectivity index (χ3v) is 6.08. The van der Waals surface area contributed by atoms with Gasteiger partial charge in [-0.1, -0.05) is 107 Å². The molecule has 1 rings (SSSR count). The van der Waals surface area contributed by atoms with Gasteiger partial charge in [-0.15, -0.1) is 0 Å². The van der Waals surface area contributed by atoms with Crippen LogP contribution in [0.4, 0.5) is 0 Å². The summed E-state index contributed by atoms with van der Waals surface area (Å²) in [5.41, 5.74) is 0.668. The molecule has 0 radical (unpaired) electrons. The van der Waals surface area contributed by atoms with Crippen molar-refractivity contribution in [2.45, 2.75) is 97.0 Å². The van der Waals surface area contributed by atoms with E-state index in [-0.39, 0.29) is 0 Å². The molecule has 0 bridgehead atoms. The number of unbranched alkanes of at least 4 members (excludes halogenated alkanes) is 10.